The van der Waals surface area contributed by atoms with Crippen LogP contribution >= 0.6 is 0 Å². The molecule has 0 spiro atoms. The van der Waals surface area contributed by atoms with Crippen LogP contribution in [-0.2, 0) is 6.42 Å². The van der Waals surface area contributed by atoms with Crippen molar-refractivity contribution in [1.82, 2.24) is 19.9 Å². The Hall–Kier alpha value is -2.45. The number of hydrogen-bond acceptors (Lipinski definition) is 8. The highest BCUT2D eigenvalue weighted by Gasteiger charge is 2.29. The molecule has 1 unspecified atom stereocenters. The lowest BCUT2D eigenvalue weighted by Crippen LogP contribution is -2.19. The van der Waals surface area contributed by atoms with Crippen molar-refractivity contribution in [3.63, 3.8) is 0 Å². The van der Waals surface area contributed by atoms with Gasteiger partial charge in [0.25, 0.3) is 0 Å². The zero-order valence-electron chi connectivity index (χ0n) is 15.6. The van der Waals surface area contributed by atoms with E-state index >= 15 is 0 Å². The van der Waals surface area contributed by atoms with E-state index in [2.05, 4.69) is 37.1 Å². The minimum absolute atomic E-state index is 0.0252. The van der Waals surface area contributed by atoms with Crippen LogP contribution in [0.2, 0.25) is 0 Å². The summed E-state index contributed by atoms with van der Waals surface area (Å²) in [5.41, 5.74) is 2.05. The lowest BCUT2D eigenvalue weighted by Gasteiger charge is -2.19. The summed E-state index contributed by atoms with van der Waals surface area (Å²) < 4.78 is 6.16. The Labute approximate surface area is 159 Å². The second-order valence-electron chi connectivity index (χ2n) is 7.15. The number of hydrogen-bond donors (Lipinski definition) is 2. The first-order chi connectivity index (χ1) is 13.2. The van der Waals surface area contributed by atoms with E-state index < -0.39 is 0 Å². The predicted octanol–water partition coefficient (Wildman–Crippen LogP) is 1.30. The van der Waals surface area contributed by atoms with E-state index in [4.69, 9.17) is 9.84 Å². The molecule has 4 heterocycles. The highest BCUT2D eigenvalue weighted by Crippen LogP contribution is 2.38. The van der Waals surface area contributed by atoms with Crippen molar-refractivity contribution in [3.05, 3.63) is 30.1 Å². The average molecular weight is 370 g/mol. The minimum atomic E-state index is 0.0252. The molecular weight excluding hydrogens is 344 g/mol. The second-order valence-corrected chi connectivity index (χ2v) is 7.15. The Morgan fingerprint density at radius 2 is 2.26 bits per heavy atom. The standard InChI is InChI=1S/C19H26N6O2/c1-24-8-4-14(12-24)13-27-18-16-5-9-25(15-3-2-6-20-11-15)17(16)22-19(23-18)21-7-10-26/h2-3,6,11,14,26H,4-5,7-10,12-13H2,1H3,(H,21,22,23). The Bertz CT molecular complexity index is 772. The molecule has 1 fully saturated rings. The van der Waals surface area contributed by atoms with E-state index in [0.717, 1.165) is 49.5 Å². The molecule has 0 bridgehead atoms. The molecule has 1 atom stereocenters. The van der Waals surface area contributed by atoms with Crippen LogP contribution < -0.4 is 15.0 Å². The minimum Gasteiger partial charge on any atom is -0.477 e. The Balaban J connectivity index is 1.59. The van der Waals surface area contributed by atoms with Gasteiger partial charge in [-0.3, -0.25) is 4.98 Å². The smallest absolute Gasteiger partial charge is 0.228 e. The predicted molar refractivity (Wildman–Crippen MR) is 104 cm³/mol. The second kappa shape index (κ2) is 8.06. The molecule has 1 saturated heterocycles. The fourth-order valence-electron chi connectivity index (χ4n) is 3.71. The van der Waals surface area contributed by atoms with Gasteiger partial charge in [-0.25, -0.2) is 0 Å². The number of pyridine rings is 1. The van der Waals surface area contributed by atoms with Crippen LogP contribution in [0.25, 0.3) is 0 Å². The first kappa shape index (κ1) is 17.9. The molecule has 2 aliphatic heterocycles. The Morgan fingerprint density at radius 3 is 3.00 bits per heavy atom. The topological polar surface area (TPSA) is 86.6 Å². The van der Waals surface area contributed by atoms with Crippen LogP contribution in [0.3, 0.4) is 0 Å². The van der Waals surface area contributed by atoms with Gasteiger partial charge in [0.1, 0.15) is 5.82 Å². The number of aromatic nitrogens is 3. The highest BCUT2D eigenvalue weighted by atomic mass is 16.5. The van der Waals surface area contributed by atoms with Crippen molar-refractivity contribution in [2.45, 2.75) is 12.8 Å². The summed E-state index contributed by atoms with van der Waals surface area (Å²) in [6.45, 7) is 4.09. The third-order valence-electron chi connectivity index (χ3n) is 5.09. The number of aliphatic hydroxyl groups excluding tert-OH is 1. The number of nitrogens with zero attached hydrogens (tertiary/aromatic N) is 5. The number of fused-ring (bicyclic) bond motifs is 1. The lowest BCUT2D eigenvalue weighted by molar-refractivity contribution is 0.239. The zero-order valence-corrected chi connectivity index (χ0v) is 15.6. The van der Waals surface area contributed by atoms with Gasteiger partial charge < -0.3 is 25.0 Å². The molecular formula is C19H26N6O2. The van der Waals surface area contributed by atoms with Crippen molar-refractivity contribution < 1.29 is 9.84 Å². The fourth-order valence-corrected chi connectivity index (χ4v) is 3.71. The molecule has 0 aliphatic carbocycles. The van der Waals surface area contributed by atoms with E-state index in [-0.39, 0.29) is 6.61 Å². The number of ether oxygens (including phenoxy) is 1. The summed E-state index contributed by atoms with van der Waals surface area (Å²) in [4.78, 5) is 18.0. The van der Waals surface area contributed by atoms with Gasteiger partial charge in [0.2, 0.25) is 11.8 Å². The summed E-state index contributed by atoms with van der Waals surface area (Å²) in [5, 5.41) is 12.2. The van der Waals surface area contributed by atoms with Crippen molar-refractivity contribution in [1.29, 1.82) is 0 Å². The number of aliphatic hydroxyl groups is 1. The molecule has 4 rings (SSSR count). The van der Waals surface area contributed by atoms with Crippen molar-refractivity contribution >= 4 is 17.5 Å². The monoisotopic (exact) mass is 370 g/mol. The van der Waals surface area contributed by atoms with Crippen LogP contribution in [0.5, 0.6) is 5.88 Å². The molecule has 2 N–H and O–H groups in total. The van der Waals surface area contributed by atoms with Gasteiger partial charge in [0.05, 0.1) is 30.7 Å². The molecule has 0 radical (unpaired) electrons. The Kier molecular flexibility index (Phi) is 5.35. The van der Waals surface area contributed by atoms with Gasteiger partial charge in [-0.05, 0) is 38.6 Å². The van der Waals surface area contributed by atoms with Crippen LogP contribution in [0, 0.1) is 5.92 Å². The third-order valence-corrected chi connectivity index (χ3v) is 5.09. The first-order valence-electron chi connectivity index (χ1n) is 9.49. The van der Waals surface area contributed by atoms with E-state index in [9.17, 15) is 0 Å². The zero-order chi connectivity index (χ0) is 18.6. The number of rotatable bonds is 7. The molecule has 2 aromatic heterocycles. The SMILES string of the molecule is CN1CCC(COc2nc(NCCO)nc3c2CCN3c2cccnc2)C1. The Morgan fingerprint density at radius 1 is 1.33 bits per heavy atom. The molecule has 8 nitrogen and oxygen atoms in total. The van der Waals surface area contributed by atoms with Gasteiger partial charge in [0, 0.05) is 31.7 Å². The highest BCUT2D eigenvalue weighted by molar-refractivity contribution is 5.68. The molecule has 8 heteroatoms. The van der Waals surface area contributed by atoms with Crippen LogP contribution in [0.15, 0.2) is 24.5 Å². The number of anilines is 3. The summed E-state index contributed by atoms with van der Waals surface area (Å²) >= 11 is 0. The molecule has 0 saturated carbocycles. The lowest BCUT2D eigenvalue weighted by atomic mass is 10.1. The van der Waals surface area contributed by atoms with Gasteiger partial charge in [-0.2, -0.15) is 9.97 Å². The van der Waals surface area contributed by atoms with Gasteiger partial charge in [-0.15, -0.1) is 0 Å². The van der Waals surface area contributed by atoms with Crippen LogP contribution in [0.1, 0.15) is 12.0 Å². The molecule has 27 heavy (non-hydrogen) atoms. The van der Waals surface area contributed by atoms with E-state index in [1.807, 2.05) is 18.3 Å². The maximum absolute atomic E-state index is 9.12. The van der Waals surface area contributed by atoms with Crippen molar-refractivity contribution in [3.8, 4) is 5.88 Å². The number of likely N-dealkylation sites (tertiary alicyclic amines) is 1. The van der Waals surface area contributed by atoms with Crippen LogP contribution in [-0.4, -0.2) is 71.4 Å². The van der Waals surface area contributed by atoms with Crippen molar-refractivity contribution in [2.75, 3.05) is 56.7 Å². The molecule has 2 aliphatic rings. The summed E-state index contributed by atoms with van der Waals surface area (Å²) in [5.74, 6) is 2.53. The van der Waals surface area contributed by atoms with Crippen LogP contribution in [0.4, 0.5) is 17.5 Å². The normalized spacial score (nSPS) is 19.3. The average Bonchev–Trinajstić information content (AvgIpc) is 3.31. The summed E-state index contributed by atoms with van der Waals surface area (Å²) in [7, 11) is 2.14. The number of nitrogens with one attached hydrogen (secondary N) is 1. The largest absolute Gasteiger partial charge is 0.477 e. The first-order valence-corrected chi connectivity index (χ1v) is 9.49. The van der Waals surface area contributed by atoms with Gasteiger partial charge in [-0.1, -0.05) is 0 Å². The van der Waals surface area contributed by atoms with Gasteiger partial charge >= 0.3 is 0 Å². The van der Waals surface area contributed by atoms with Crippen molar-refractivity contribution in [2.24, 2.45) is 5.92 Å². The maximum Gasteiger partial charge on any atom is 0.228 e. The van der Waals surface area contributed by atoms with E-state index in [1.165, 1.54) is 0 Å². The quantitative estimate of drug-likeness (QED) is 0.754. The molecule has 144 valence electrons. The summed E-state index contributed by atoms with van der Waals surface area (Å²) in [6, 6.07) is 3.95. The maximum atomic E-state index is 9.12. The van der Waals surface area contributed by atoms with E-state index in [0.29, 0.717) is 30.9 Å². The van der Waals surface area contributed by atoms with E-state index in [1.54, 1.807) is 6.20 Å². The summed E-state index contributed by atoms with van der Waals surface area (Å²) in [6.07, 6.45) is 5.60. The third kappa shape index (κ3) is 3.96. The fraction of sp³-hybridized carbons (Fsp3) is 0.526. The van der Waals surface area contributed by atoms with Gasteiger partial charge in [0.15, 0.2) is 0 Å². The molecule has 0 amide bonds. The molecule has 0 aromatic carbocycles. The molecule has 2 aromatic rings.